The minimum Gasteiger partial charge on any atom is -0.493 e. The van der Waals surface area contributed by atoms with Gasteiger partial charge in [-0.3, -0.25) is 9.59 Å². The first-order chi connectivity index (χ1) is 11.0. The SMILES string of the molecule is COc1ccc(CCN2CC(C(=O)N(C)C)CC2=O)cc1OC. The van der Waals surface area contributed by atoms with E-state index < -0.39 is 0 Å². The van der Waals surface area contributed by atoms with Gasteiger partial charge in [-0.1, -0.05) is 6.07 Å². The number of nitrogens with zero attached hydrogens (tertiary/aromatic N) is 2. The molecule has 0 saturated carbocycles. The number of methoxy groups -OCH3 is 2. The zero-order chi connectivity index (χ0) is 17.0. The number of carbonyl (C=O) groups is 2. The Morgan fingerprint density at radius 2 is 1.96 bits per heavy atom. The van der Waals surface area contributed by atoms with Gasteiger partial charge < -0.3 is 19.3 Å². The van der Waals surface area contributed by atoms with Crippen molar-refractivity contribution in [3.63, 3.8) is 0 Å². The first-order valence-electron chi connectivity index (χ1n) is 7.66. The molecule has 23 heavy (non-hydrogen) atoms. The summed E-state index contributed by atoms with van der Waals surface area (Å²) in [5.74, 6) is 1.21. The molecule has 2 rings (SSSR count). The first-order valence-corrected chi connectivity index (χ1v) is 7.66. The number of hydrogen-bond acceptors (Lipinski definition) is 4. The molecule has 1 aromatic rings. The van der Waals surface area contributed by atoms with Crippen molar-refractivity contribution in [2.45, 2.75) is 12.8 Å². The van der Waals surface area contributed by atoms with Gasteiger partial charge in [0.2, 0.25) is 11.8 Å². The second-order valence-corrected chi connectivity index (χ2v) is 5.91. The van der Waals surface area contributed by atoms with Crippen LogP contribution < -0.4 is 9.47 Å². The van der Waals surface area contributed by atoms with Gasteiger partial charge in [0.25, 0.3) is 0 Å². The average molecular weight is 320 g/mol. The van der Waals surface area contributed by atoms with Crippen molar-refractivity contribution in [2.75, 3.05) is 41.4 Å². The van der Waals surface area contributed by atoms with Gasteiger partial charge in [0.05, 0.1) is 20.1 Å². The molecule has 1 saturated heterocycles. The summed E-state index contributed by atoms with van der Waals surface area (Å²) in [7, 11) is 6.64. The molecular formula is C17H24N2O4. The monoisotopic (exact) mass is 320 g/mol. The van der Waals surface area contributed by atoms with Crippen molar-refractivity contribution in [1.29, 1.82) is 0 Å². The highest BCUT2D eigenvalue weighted by atomic mass is 16.5. The van der Waals surface area contributed by atoms with E-state index in [9.17, 15) is 9.59 Å². The van der Waals surface area contributed by atoms with E-state index in [0.717, 1.165) is 12.0 Å². The lowest BCUT2D eigenvalue weighted by atomic mass is 10.1. The molecule has 1 heterocycles. The Kier molecular flexibility index (Phi) is 5.47. The molecule has 0 aromatic heterocycles. The molecule has 0 aliphatic carbocycles. The van der Waals surface area contributed by atoms with Gasteiger partial charge >= 0.3 is 0 Å². The molecule has 126 valence electrons. The fourth-order valence-electron chi connectivity index (χ4n) is 2.82. The van der Waals surface area contributed by atoms with Gasteiger partial charge in [0.15, 0.2) is 11.5 Å². The van der Waals surface area contributed by atoms with Crippen molar-refractivity contribution in [3.05, 3.63) is 23.8 Å². The predicted molar refractivity (Wildman–Crippen MR) is 86.6 cm³/mol. The lowest BCUT2D eigenvalue weighted by Gasteiger charge is -2.18. The van der Waals surface area contributed by atoms with Crippen molar-refractivity contribution >= 4 is 11.8 Å². The summed E-state index contributed by atoms with van der Waals surface area (Å²) < 4.78 is 10.5. The van der Waals surface area contributed by atoms with E-state index in [1.807, 2.05) is 18.2 Å². The summed E-state index contributed by atoms with van der Waals surface area (Å²) in [6.07, 6.45) is 1.03. The predicted octanol–water partition coefficient (Wildman–Crippen LogP) is 1.18. The standard InChI is InChI=1S/C17H24N2O4/c1-18(2)17(21)13-10-16(20)19(11-13)8-7-12-5-6-14(22-3)15(9-12)23-4/h5-6,9,13H,7-8,10-11H2,1-4H3. The number of ether oxygens (including phenoxy) is 2. The molecule has 0 N–H and O–H groups in total. The minimum atomic E-state index is -0.220. The lowest BCUT2D eigenvalue weighted by Crippen LogP contribution is -2.32. The van der Waals surface area contributed by atoms with Crippen molar-refractivity contribution in [2.24, 2.45) is 5.92 Å². The summed E-state index contributed by atoms with van der Waals surface area (Å²) in [5, 5.41) is 0. The topological polar surface area (TPSA) is 59.1 Å². The number of likely N-dealkylation sites (tertiary alicyclic amines) is 1. The van der Waals surface area contributed by atoms with Crippen LogP contribution in [0.15, 0.2) is 18.2 Å². The maximum atomic E-state index is 12.1. The van der Waals surface area contributed by atoms with E-state index in [1.54, 1.807) is 38.1 Å². The van der Waals surface area contributed by atoms with Crippen LogP contribution in [0.4, 0.5) is 0 Å². The summed E-state index contributed by atoms with van der Waals surface area (Å²) >= 11 is 0. The van der Waals surface area contributed by atoms with E-state index in [4.69, 9.17) is 9.47 Å². The fourth-order valence-corrected chi connectivity index (χ4v) is 2.82. The van der Waals surface area contributed by atoms with Crippen LogP contribution in [0.1, 0.15) is 12.0 Å². The second-order valence-electron chi connectivity index (χ2n) is 5.91. The van der Waals surface area contributed by atoms with Gasteiger partial charge in [-0.2, -0.15) is 0 Å². The van der Waals surface area contributed by atoms with Crippen molar-refractivity contribution in [3.8, 4) is 11.5 Å². The van der Waals surface area contributed by atoms with Crippen LogP contribution in [-0.2, 0) is 16.0 Å². The Labute approximate surface area is 137 Å². The molecule has 1 aliphatic heterocycles. The smallest absolute Gasteiger partial charge is 0.227 e. The van der Waals surface area contributed by atoms with Gasteiger partial charge in [-0.25, -0.2) is 0 Å². The molecule has 1 aromatic carbocycles. The van der Waals surface area contributed by atoms with Crippen LogP contribution in [0, 0.1) is 5.92 Å². The molecular weight excluding hydrogens is 296 g/mol. The maximum absolute atomic E-state index is 12.1. The van der Waals surface area contributed by atoms with E-state index in [1.165, 1.54) is 0 Å². The third-order valence-electron chi connectivity index (χ3n) is 4.12. The highest BCUT2D eigenvalue weighted by Gasteiger charge is 2.34. The molecule has 6 heteroatoms. The molecule has 1 unspecified atom stereocenters. The average Bonchev–Trinajstić information content (AvgIpc) is 2.92. The van der Waals surface area contributed by atoms with E-state index >= 15 is 0 Å². The molecule has 2 amide bonds. The Balaban J connectivity index is 1.96. The van der Waals surface area contributed by atoms with Gasteiger partial charge in [-0.05, 0) is 24.1 Å². The Morgan fingerprint density at radius 3 is 2.57 bits per heavy atom. The third-order valence-corrected chi connectivity index (χ3v) is 4.12. The van der Waals surface area contributed by atoms with Gasteiger partial charge in [0.1, 0.15) is 0 Å². The van der Waals surface area contributed by atoms with Crippen LogP contribution in [0.25, 0.3) is 0 Å². The lowest BCUT2D eigenvalue weighted by molar-refractivity contribution is -0.133. The van der Waals surface area contributed by atoms with E-state index in [0.29, 0.717) is 31.0 Å². The van der Waals surface area contributed by atoms with Gasteiger partial charge in [-0.15, -0.1) is 0 Å². The van der Waals surface area contributed by atoms with E-state index in [-0.39, 0.29) is 17.7 Å². The molecule has 0 bridgehead atoms. The van der Waals surface area contributed by atoms with Crippen LogP contribution in [0.2, 0.25) is 0 Å². The number of carbonyl (C=O) groups excluding carboxylic acids is 2. The second kappa shape index (κ2) is 7.35. The molecule has 1 aliphatic rings. The molecule has 1 atom stereocenters. The number of benzene rings is 1. The number of hydrogen-bond donors (Lipinski definition) is 0. The molecule has 0 spiro atoms. The number of amides is 2. The summed E-state index contributed by atoms with van der Waals surface area (Å²) in [6.45, 7) is 1.11. The highest BCUT2D eigenvalue weighted by Crippen LogP contribution is 2.28. The van der Waals surface area contributed by atoms with Crippen LogP contribution in [-0.4, -0.2) is 63.0 Å². The Bertz CT molecular complexity index is 586. The summed E-state index contributed by atoms with van der Waals surface area (Å²) in [4.78, 5) is 27.4. The molecule has 6 nitrogen and oxygen atoms in total. The van der Waals surface area contributed by atoms with E-state index in [2.05, 4.69) is 0 Å². The Morgan fingerprint density at radius 1 is 1.26 bits per heavy atom. The summed E-state index contributed by atoms with van der Waals surface area (Å²) in [6, 6.07) is 5.74. The van der Waals surface area contributed by atoms with Crippen molar-refractivity contribution in [1.82, 2.24) is 9.80 Å². The fraction of sp³-hybridized carbons (Fsp3) is 0.529. The maximum Gasteiger partial charge on any atom is 0.227 e. The highest BCUT2D eigenvalue weighted by molar-refractivity contribution is 5.89. The zero-order valence-corrected chi connectivity index (χ0v) is 14.2. The van der Waals surface area contributed by atoms with Gasteiger partial charge in [0, 0.05) is 33.6 Å². The normalized spacial score (nSPS) is 17.3. The third kappa shape index (κ3) is 3.94. The van der Waals surface area contributed by atoms with Crippen LogP contribution in [0.5, 0.6) is 11.5 Å². The molecule has 0 radical (unpaired) electrons. The molecule has 1 fully saturated rings. The zero-order valence-electron chi connectivity index (χ0n) is 14.2. The van der Waals surface area contributed by atoms with Crippen LogP contribution >= 0.6 is 0 Å². The Hall–Kier alpha value is -2.24. The minimum absolute atomic E-state index is 0.0203. The quantitative estimate of drug-likeness (QED) is 0.790. The largest absolute Gasteiger partial charge is 0.493 e. The summed E-state index contributed by atoms with van der Waals surface area (Å²) in [5.41, 5.74) is 1.07. The number of rotatable bonds is 6. The first kappa shape index (κ1) is 17.1. The van der Waals surface area contributed by atoms with Crippen molar-refractivity contribution < 1.29 is 19.1 Å². The van der Waals surface area contributed by atoms with Crippen LogP contribution in [0.3, 0.4) is 0 Å².